The summed E-state index contributed by atoms with van der Waals surface area (Å²) >= 11 is 3.55. The van der Waals surface area contributed by atoms with Crippen LogP contribution in [0, 0.1) is 23.7 Å². The number of carbonyl (C=O) groups is 2. The Hall–Kier alpha value is -0.580. The molecule has 0 amide bonds. The number of ether oxygens (including phenoxy) is 2. The highest BCUT2D eigenvalue weighted by Crippen LogP contribution is 2.60. The Balaban J connectivity index is 1.90. The summed E-state index contributed by atoms with van der Waals surface area (Å²) in [6, 6.07) is 0. The fourth-order valence-corrected chi connectivity index (χ4v) is 4.58. The van der Waals surface area contributed by atoms with Gasteiger partial charge in [0.2, 0.25) is 0 Å². The van der Waals surface area contributed by atoms with E-state index in [4.69, 9.17) is 9.47 Å². The topological polar surface area (TPSA) is 52.6 Å². The van der Waals surface area contributed by atoms with Gasteiger partial charge in [-0.1, -0.05) is 15.9 Å². The molecule has 16 heavy (non-hydrogen) atoms. The molecule has 2 bridgehead atoms. The standard InChI is InChI=1S/C11H13BrO4/c1-2-15-10(13)6-4-3-5-7(6)11(14)16-9(5)8(4)12/h4-9H,2-3H2,1H3. The van der Waals surface area contributed by atoms with Crippen molar-refractivity contribution in [2.45, 2.75) is 24.3 Å². The van der Waals surface area contributed by atoms with Gasteiger partial charge in [-0.2, -0.15) is 0 Å². The van der Waals surface area contributed by atoms with Crippen LogP contribution in [0.15, 0.2) is 0 Å². The van der Waals surface area contributed by atoms with Gasteiger partial charge in [-0.05, 0) is 19.3 Å². The molecule has 0 N–H and O–H groups in total. The van der Waals surface area contributed by atoms with Crippen LogP contribution in [0.4, 0.5) is 0 Å². The van der Waals surface area contributed by atoms with E-state index in [9.17, 15) is 9.59 Å². The van der Waals surface area contributed by atoms with Gasteiger partial charge < -0.3 is 9.47 Å². The predicted octanol–water partition coefficient (Wildman–Crippen LogP) is 1.12. The van der Waals surface area contributed by atoms with E-state index < -0.39 is 0 Å². The van der Waals surface area contributed by atoms with Crippen molar-refractivity contribution in [3.8, 4) is 0 Å². The van der Waals surface area contributed by atoms with Crippen LogP contribution in [0.3, 0.4) is 0 Å². The molecule has 0 spiro atoms. The maximum absolute atomic E-state index is 11.9. The second kappa shape index (κ2) is 3.45. The second-order valence-electron chi connectivity index (χ2n) is 4.71. The number of alkyl halides is 1. The van der Waals surface area contributed by atoms with Crippen LogP contribution in [0.25, 0.3) is 0 Å². The van der Waals surface area contributed by atoms with Gasteiger partial charge in [0.15, 0.2) is 0 Å². The van der Waals surface area contributed by atoms with Crippen molar-refractivity contribution in [3.63, 3.8) is 0 Å². The van der Waals surface area contributed by atoms with Crippen LogP contribution in [-0.4, -0.2) is 29.5 Å². The number of fused-ring (bicyclic) bond motifs is 1. The zero-order chi connectivity index (χ0) is 11.4. The first-order valence-electron chi connectivity index (χ1n) is 5.66. The second-order valence-corrected chi connectivity index (χ2v) is 5.77. The molecule has 0 aromatic rings. The Morgan fingerprint density at radius 1 is 1.56 bits per heavy atom. The van der Waals surface area contributed by atoms with E-state index in [1.54, 1.807) is 6.92 Å². The number of rotatable bonds is 2. The Labute approximate surface area is 102 Å². The van der Waals surface area contributed by atoms with E-state index in [0.29, 0.717) is 6.61 Å². The minimum atomic E-state index is -0.291. The number of esters is 2. The molecule has 3 rings (SSSR count). The van der Waals surface area contributed by atoms with Crippen molar-refractivity contribution in [3.05, 3.63) is 0 Å². The van der Waals surface area contributed by atoms with Crippen LogP contribution in [0.1, 0.15) is 13.3 Å². The smallest absolute Gasteiger partial charge is 0.310 e. The van der Waals surface area contributed by atoms with Gasteiger partial charge in [-0.3, -0.25) is 9.59 Å². The summed E-state index contributed by atoms with van der Waals surface area (Å²) in [5.74, 6) is -0.565. The zero-order valence-electron chi connectivity index (χ0n) is 8.89. The largest absolute Gasteiger partial charge is 0.466 e. The summed E-state index contributed by atoms with van der Waals surface area (Å²) in [5, 5.41) is 0. The number of halogens is 1. The minimum Gasteiger partial charge on any atom is -0.466 e. The molecule has 3 fully saturated rings. The van der Waals surface area contributed by atoms with E-state index in [1.165, 1.54) is 0 Å². The molecule has 4 nitrogen and oxygen atoms in total. The highest BCUT2D eigenvalue weighted by molar-refractivity contribution is 9.09. The van der Waals surface area contributed by atoms with Crippen LogP contribution in [0.5, 0.6) is 0 Å². The van der Waals surface area contributed by atoms with Crippen molar-refractivity contribution in [1.82, 2.24) is 0 Å². The highest BCUT2D eigenvalue weighted by Gasteiger charge is 2.68. The van der Waals surface area contributed by atoms with Gasteiger partial charge in [0.05, 0.1) is 23.3 Å². The molecule has 6 unspecified atom stereocenters. The molecule has 0 aromatic heterocycles. The molecule has 5 heteroatoms. The van der Waals surface area contributed by atoms with E-state index in [1.807, 2.05) is 0 Å². The molecule has 1 heterocycles. The summed E-state index contributed by atoms with van der Waals surface area (Å²) in [7, 11) is 0. The van der Waals surface area contributed by atoms with E-state index in [-0.39, 0.29) is 46.5 Å². The maximum atomic E-state index is 11.9. The first kappa shape index (κ1) is 10.6. The van der Waals surface area contributed by atoms with Gasteiger partial charge in [0.1, 0.15) is 6.10 Å². The Bertz CT molecular complexity index is 356. The van der Waals surface area contributed by atoms with Crippen molar-refractivity contribution in [1.29, 1.82) is 0 Å². The Kier molecular flexibility index (Phi) is 2.28. The van der Waals surface area contributed by atoms with Crippen LogP contribution >= 0.6 is 15.9 Å². The fraction of sp³-hybridized carbons (Fsp3) is 0.818. The SMILES string of the molecule is CCOC(=O)C1C2CC3C(OC(=O)C31)C2Br. The van der Waals surface area contributed by atoms with Crippen LogP contribution in [0.2, 0.25) is 0 Å². The molecular formula is C11H13BrO4. The van der Waals surface area contributed by atoms with Gasteiger partial charge in [-0.25, -0.2) is 0 Å². The number of hydrogen-bond donors (Lipinski definition) is 0. The fourth-order valence-electron chi connectivity index (χ4n) is 3.53. The van der Waals surface area contributed by atoms with Crippen LogP contribution < -0.4 is 0 Å². The lowest BCUT2D eigenvalue weighted by atomic mass is 9.80. The van der Waals surface area contributed by atoms with Gasteiger partial charge >= 0.3 is 11.9 Å². The third kappa shape index (κ3) is 1.15. The lowest BCUT2D eigenvalue weighted by Crippen LogP contribution is -2.38. The van der Waals surface area contributed by atoms with Crippen molar-refractivity contribution in [2.75, 3.05) is 6.61 Å². The molecule has 2 aliphatic carbocycles. The molecule has 6 atom stereocenters. The highest BCUT2D eigenvalue weighted by atomic mass is 79.9. The summed E-state index contributed by atoms with van der Waals surface area (Å²) in [6.07, 6.45) is 0.883. The molecule has 0 aromatic carbocycles. The molecule has 1 saturated heterocycles. The zero-order valence-corrected chi connectivity index (χ0v) is 10.5. The van der Waals surface area contributed by atoms with E-state index in [0.717, 1.165) is 6.42 Å². The predicted molar refractivity (Wildman–Crippen MR) is 57.8 cm³/mol. The lowest BCUT2D eigenvalue weighted by Gasteiger charge is -2.26. The van der Waals surface area contributed by atoms with Crippen molar-refractivity contribution in [2.24, 2.45) is 23.7 Å². The lowest BCUT2D eigenvalue weighted by molar-refractivity contribution is -0.155. The number of hydrogen-bond acceptors (Lipinski definition) is 4. The van der Waals surface area contributed by atoms with E-state index in [2.05, 4.69) is 15.9 Å². The quantitative estimate of drug-likeness (QED) is 0.564. The average Bonchev–Trinajstić information content (AvgIpc) is 2.82. The first-order valence-corrected chi connectivity index (χ1v) is 6.58. The van der Waals surface area contributed by atoms with Crippen molar-refractivity contribution < 1.29 is 19.1 Å². The molecule has 0 radical (unpaired) electrons. The maximum Gasteiger partial charge on any atom is 0.310 e. The Morgan fingerprint density at radius 3 is 3.00 bits per heavy atom. The van der Waals surface area contributed by atoms with Crippen molar-refractivity contribution >= 4 is 27.9 Å². The summed E-state index contributed by atoms with van der Waals surface area (Å²) in [5.41, 5.74) is 0. The molecule has 3 aliphatic rings. The normalized spacial score (nSPS) is 48.2. The summed E-state index contributed by atoms with van der Waals surface area (Å²) < 4.78 is 10.4. The monoisotopic (exact) mass is 288 g/mol. The number of carbonyl (C=O) groups excluding carboxylic acids is 2. The third-order valence-corrected chi connectivity index (χ3v) is 5.28. The van der Waals surface area contributed by atoms with Crippen LogP contribution in [-0.2, 0) is 19.1 Å². The van der Waals surface area contributed by atoms with Gasteiger partial charge in [0, 0.05) is 5.92 Å². The molecule has 1 aliphatic heterocycles. The Morgan fingerprint density at radius 2 is 2.31 bits per heavy atom. The molecular weight excluding hydrogens is 276 g/mol. The molecule has 88 valence electrons. The molecule has 2 saturated carbocycles. The third-order valence-electron chi connectivity index (χ3n) is 4.08. The summed E-state index contributed by atoms with van der Waals surface area (Å²) in [6.45, 7) is 2.15. The minimum absolute atomic E-state index is 0.0202. The average molecular weight is 289 g/mol. The van der Waals surface area contributed by atoms with Gasteiger partial charge in [-0.15, -0.1) is 0 Å². The van der Waals surface area contributed by atoms with Gasteiger partial charge in [0.25, 0.3) is 0 Å². The van der Waals surface area contributed by atoms with E-state index >= 15 is 0 Å². The first-order chi connectivity index (χ1) is 7.65. The summed E-state index contributed by atoms with van der Waals surface area (Å²) in [4.78, 5) is 23.7.